The zero-order valence-corrected chi connectivity index (χ0v) is 6.36. The third-order valence-electron chi connectivity index (χ3n) is 1.54. The monoisotopic (exact) mass is 153 g/mol. The van der Waals surface area contributed by atoms with Crippen LogP contribution in [0.15, 0.2) is 12.5 Å². The summed E-state index contributed by atoms with van der Waals surface area (Å²) in [5.74, 6) is 0.198. The lowest BCUT2D eigenvalue weighted by Gasteiger charge is -2.07. The lowest BCUT2D eigenvalue weighted by atomic mass is 10.1. The first-order valence-corrected chi connectivity index (χ1v) is 3.44. The van der Waals surface area contributed by atoms with Crippen LogP contribution in [0.5, 0.6) is 5.75 Å². The Bertz CT molecular complexity index is 239. The smallest absolute Gasteiger partial charge is 0.155 e. The zero-order chi connectivity index (χ0) is 8.27. The van der Waals surface area contributed by atoms with Crippen molar-refractivity contribution in [1.29, 1.82) is 0 Å². The first kappa shape index (κ1) is 7.94. The van der Waals surface area contributed by atoms with Gasteiger partial charge < -0.3 is 10.8 Å². The minimum Gasteiger partial charge on any atom is -0.504 e. The van der Waals surface area contributed by atoms with Crippen LogP contribution in [0.4, 0.5) is 0 Å². The highest BCUT2D eigenvalue weighted by Gasteiger charge is 2.08. The fourth-order valence-corrected chi connectivity index (χ4v) is 0.823. The normalized spacial score (nSPS) is 12.9. The first-order valence-electron chi connectivity index (χ1n) is 3.44. The fourth-order valence-electron chi connectivity index (χ4n) is 0.823. The molecule has 1 rings (SSSR count). The summed E-state index contributed by atoms with van der Waals surface area (Å²) in [4.78, 5) is 7.57. The van der Waals surface area contributed by atoms with Crippen LogP contribution in [0.2, 0.25) is 0 Å². The molecule has 3 N–H and O–H groups in total. The van der Waals surface area contributed by atoms with Crippen LogP contribution < -0.4 is 5.73 Å². The van der Waals surface area contributed by atoms with Crippen LogP contribution in [-0.2, 0) is 0 Å². The fraction of sp³-hybridized carbons (Fsp3) is 0.429. The van der Waals surface area contributed by atoms with Crippen molar-refractivity contribution in [2.45, 2.75) is 12.8 Å². The third kappa shape index (κ3) is 1.65. The quantitative estimate of drug-likeness (QED) is 0.638. The minimum absolute atomic E-state index is 0.0815. The number of hydrogen-bond acceptors (Lipinski definition) is 4. The van der Waals surface area contributed by atoms with Crippen LogP contribution in [0.25, 0.3) is 0 Å². The van der Waals surface area contributed by atoms with Crippen molar-refractivity contribution in [2.24, 2.45) is 5.73 Å². The van der Waals surface area contributed by atoms with Gasteiger partial charge in [0.1, 0.15) is 6.33 Å². The molecule has 1 heterocycles. The Labute approximate surface area is 65.1 Å². The van der Waals surface area contributed by atoms with Gasteiger partial charge in [-0.05, 0) is 0 Å². The van der Waals surface area contributed by atoms with Gasteiger partial charge in [0.15, 0.2) is 5.75 Å². The van der Waals surface area contributed by atoms with E-state index in [0.29, 0.717) is 12.2 Å². The van der Waals surface area contributed by atoms with Gasteiger partial charge >= 0.3 is 0 Å². The Morgan fingerprint density at radius 1 is 1.73 bits per heavy atom. The molecule has 0 bridgehead atoms. The Morgan fingerprint density at radius 3 is 3.00 bits per heavy atom. The third-order valence-corrected chi connectivity index (χ3v) is 1.54. The summed E-state index contributed by atoms with van der Waals surface area (Å²) in [6.45, 7) is 2.38. The summed E-state index contributed by atoms with van der Waals surface area (Å²) in [7, 11) is 0. The highest BCUT2D eigenvalue weighted by molar-refractivity contribution is 5.24. The van der Waals surface area contributed by atoms with E-state index in [2.05, 4.69) is 9.97 Å². The van der Waals surface area contributed by atoms with Crippen molar-refractivity contribution in [3.8, 4) is 5.75 Å². The van der Waals surface area contributed by atoms with Crippen molar-refractivity contribution in [1.82, 2.24) is 9.97 Å². The maximum atomic E-state index is 9.23. The highest BCUT2D eigenvalue weighted by atomic mass is 16.3. The molecule has 0 spiro atoms. The number of rotatable bonds is 2. The SMILES string of the molecule is CC(CN)c1ncncc1O. The Balaban J connectivity index is 2.93. The highest BCUT2D eigenvalue weighted by Crippen LogP contribution is 2.19. The summed E-state index contributed by atoms with van der Waals surface area (Å²) in [6, 6.07) is 0. The van der Waals surface area contributed by atoms with E-state index in [0.717, 1.165) is 0 Å². The molecule has 4 heteroatoms. The van der Waals surface area contributed by atoms with E-state index >= 15 is 0 Å². The number of aromatic nitrogens is 2. The van der Waals surface area contributed by atoms with Crippen LogP contribution in [0.3, 0.4) is 0 Å². The predicted molar refractivity (Wildman–Crippen MR) is 41.2 cm³/mol. The molecule has 0 aliphatic carbocycles. The van der Waals surface area contributed by atoms with Crippen molar-refractivity contribution in [3.63, 3.8) is 0 Å². The topological polar surface area (TPSA) is 72.0 Å². The van der Waals surface area contributed by atoms with Gasteiger partial charge in [0.2, 0.25) is 0 Å². The van der Waals surface area contributed by atoms with Crippen LogP contribution >= 0.6 is 0 Å². The lowest BCUT2D eigenvalue weighted by Crippen LogP contribution is -2.10. The summed E-state index contributed by atoms with van der Waals surface area (Å²) in [5.41, 5.74) is 6.01. The summed E-state index contributed by atoms with van der Waals surface area (Å²) in [6.07, 6.45) is 2.77. The second kappa shape index (κ2) is 3.30. The Kier molecular flexibility index (Phi) is 2.38. The minimum atomic E-state index is 0.0815. The molecule has 0 amide bonds. The molecule has 1 aromatic heterocycles. The van der Waals surface area contributed by atoms with Gasteiger partial charge in [-0.2, -0.15) is 0 Å². The van der Waals surface area contributed by atoms with Crippen molar-refractivity contribution < 1.29 is 5.11 Å². The maximum Gasteiger partial charge on any atom is 0.155 e. The number of nitrogens with two attached hydrogens (primary N) is 1. The van der Waals surface area contributed by atoms with Gasteiger partial charge in [0.25, 0.3) is 0 Å². The van der Waals surface area contributed by atoms with E-state index < -0.39 is 0 Å². The molecule has 11 heavy (non-hydrogen) atoms. The molecule has 0 aromatic carbocycles. The molecule has 1 atom stereocenters. The van der Waals surface area contributed by atoms with E-state index in [-0.39, 0.29) is 11.7 Å². The van der Waals surface area contributed by atoms with Crippen molar-refractivity contribution in [2.75, 3.05) is 6.54 Å². The second-order valence-corrected chi connectivity index (χ2v) is 2.43. The average molecular weight is 153 g/mol. The zero-order valence-electron chi connectivity index (χ0n) is 6.36. The van der Waals surface area contributed by atoms with Crippen LogP contribution in [0.1, 0.15) is 18.5 Å². The molecule has 0 saturated carbocycles. The van der Waals surface area contributed by atoms with E-state index in [1.807, 2.05) is 6.92 Å². The summed E-state index contributed by atoms with van der Waals surface area (Å²) < 4.78 is 0. The largest absolute Gasteiger partial charge is 0.504 e. The Hall–Kier alpha value is -1.16. The van der Waals surface area contributed by atoms with E-state index in [9.17, 15) is 5.11 Å². The number of hydrogen-bond donors (Lipinski definition) is 2. The molecule has 0 fully saturated rings. The maximum absolute atomic E-state index is 9.23. The molecule has 1 aromatic rings. The Morgan fingerprint density at radius 2 is 2.45 bits per heavy atom. The molecule has 60 valence electrons. The lowest BCUT2D eigenvalue weighted by molar-refractivity contribution is 0.454. The van der Waals surface area contributed by atoms with Crippen LogP contribution in [0, 0.1) is 0 Å². The van der Waals surface area contributed by atoms with Gasteiger partial charge in [-0.1, -0.05) is 6.92 Å². The van der Waals surface area contributed by atoms with Gasteiger partial charge in [0, 0.05) is 12.5 Å². The molecule has 0 saturated heterocycles. The average Bonchev–Trinajstić information content (AvgIpc) is 2.04. The number of nitrogens with zero attached hydrogens (tertiary/aromatic N) is 2. The van der Waals surface area contributed by atoms with Crippen molar-refractivity contribution in [3.05, 3.63) is 18.2 Å². The molecule has 0 aliphatic heterocycles. The molecule has 1 unspecified atom stereocenters. The van der Waals surface area contributed by atoms with Gasteiger partial charge in [-0.3, -0.25) is 0 Å². The summed E-state index contributed by atoms with van der Waals surface area (Å²) in [5, 5.41) is 9.23. The van der Waals surface area contributed by atoms with Gasteiger partial charge in [0.05, 0.1) is 11.9 Å². The van der Waals surface area contributed by atoms with E-state index in [1.165, 1.54) is 12.5 Å². The molecule has 0 aliphatic rings. The first-order chi connectivity index (χ1) is 5.25. The summed E-state index contributed by atoms with van der Waals surface area (Å²) >= 11 is 0. The second-order valence-electron chi connectivity index (χ2n) is 2.43. The van der Waals surface area contributed by atoms with Gasteiger partial charge in [-0.15, -0.1) is 0 Å². The number of aromatic hydroxyl groups is 1. The molecular weight excluding hydrogens is 142 g/mol. The predicted octanol–water partition coefficient (Wildman–Crippen LogP) is 0.244. The van der Waals surface area contributed by atoms with Crippen LogP contribution in [-0.4, -0.2) is 21.6 Å². The molecule has 4 nitrogen and oxygen atoms in total. The molecular formula is C7H11N3O. The van der Waals surface area contributed by atoms with E-state index in [1.54, 1.807) is 0 Å². The van der Waals surface area contributed by atoms with E-state index in [4.69, 9.17) is 5.73 Å². The van der Waals surface area contributed by atoms with Gasteiger partial charge in [-0.25, -0.2) is 9.97 Å². The standard InChI is InChI=1S/C7H11N3O/c1-5(2-8)7-6(11)3-9-4-10-7/h3-5,11H,2,8H2,1H3. The molecule has 0 radical (unpaired) electrons. The van der Waals surface area contributed by atoms with Crippen molar-refractivity contribution >= 4 is 0 Å².